The van der Waals surface area contributed by atoms with Crippen molar-refractivity contribution in [3.8, 4) is 0 Å². The van der Waals surface area contributed by atoms with Crippen LogP contribution in [0.2, 0.25) is 0 Å². The van der Waals surface area contributed by atoms with Crippen molar-refractivity contribution in [2.24, 2.45) is 11.8 Å². The molecule has 0 bridgehead atoms. The van der Waals surface area contributed by atoms with E-state index in [4.69, 9.17) is 0 Å². The number of amides is 1. The second-order valence-electron chi connectivity index (χ2n) is 6.15. The topological polar surface area (TPSA) is 32.3 Å². The average molecular weight is 325 g/mol. The molecule has 2 saturated heterocycles. The normalized spacial score (nSPS) is 30.5. The SMILES string of the molecule is Cl.O=C(C1CSc2ccccc21)N1CCC2CNCC2C1. The van der Waals surface area contributed by atoms with Crippen LogP contribution < -0.4 is 5.32 Å². The molecule has 1 aromatic rings. The minimum atomic E-state index is 0. The van der Waals surface area contributed by atoms with Gasteiger partial charge in [0.25, 0.3) is 0 Å². The lowest BCUT2D eigenvalue weighted by Crippen LogP contribution is -2.45. The van der Waals surface area contributed by atoms with Crippen LogP contribution in [-0.2, 0) is 4.79 Å². The first-order valence-electron chi connectivity index (χ1n) is 7.54. The fraction of sp³-hybridized carbons (Fsp3) is 0.562. The molecule has 0 radical (unpaired) electrons. The molecular weight excluding hydrogens is 304 g/mol. The lowest BCUT2D eigenvalue weighted by molar-refractivity contribution is -0.134. The number of rotatable bonds is 1. The van der Waals surface area contributed by atoms with Crippen LogP contribution in [-0.4, -0.2) is 42.7 Å². The third-order valence-corrected chi connectivity index (χ3v) is 6.20. The molecular formula is C16H21ClN2OS. The van der Waals surface area contributed by atoms with Crippen LogP contribution >= 0.6 is 24.2 Å². The van der Waals surface area contributed by atoms with E-state index in [9.17, 15) is 4.79 Å². The quantitative estimate of drug-likeness (QED) is 0.860. The van der Waals surface area contributed by atoms with Gasteiger partial charge in [0, 0.05) is 23.7 Å². The summed E-state index contributed by atoms with van der Waals surface area (Å²) >= 11 is 1.83. The van der Waals surface area contributed by atoms with Crippen LogP contribution in [0.5, 0.6) is 0 Å². The first-order chi connectivity index (χ1) is 9.83. The van der Waals surface area contributed by atoms with E-state index in [0.717, 1.165) is 37.8 Å². The molecule has 3 heterocycles. The number of hydrogen-bond donors (Lipinski definition) is 1. The van der Waals surface area contributed by atoms with Gasteiger partial charge in [-0.25, -0.2) is 0 Å². The summed E-state index contributed by atoms with van der Waals surface area (Å²) in [6.07, 6.45) is 1.17. The van der Waals surface area contributed by atoms with Gasteiger partial charge >= 0.3 is 0 Å². The van der Waals surface area contributed by atoms with E-state index in [0.29, 0.717) is 11.8 Å². The molecule has 2 fully saturated rings. The third-order valence-electron chi connectivity index (χ3n) is 5.01. The summed E-state index contributed by atoms with van der Waals surface area (Å²) in [6, 6.07) is 8.38. The highest BCUT2D eigenvalue weighted by Gasteiger charge is 2.38. The molecule has 3 atom stereocenters. The van der Waals surface area contributed by atoms with E-state index >= 15 is 0 Å². The summed E-state index contributed by atoms with van der Waals surface area (Å²) in [5, 5.41) is 3.47. The largest absolute Gasteiger partial charge is 0.342 e. The van der Waals surface area contributed by atoms with Crippen molar-refractivity contribution in [3.63, 3.8) is 0 Å². The number of fused-ring (bicyclic) bond motifs is 2. The van der Waals surface area contributed by atoms with Crippen molar-refractivity contribution < 1.29 is 4.79 Å². The molecule has 21 heavy (non-hydrogen) atoms. The molecule has 3 unspecified atom stereocenters. The fourth-order valence-corrected chi connectivity index (χ4v) is 5.04. The van der Waals surface area contributed by atoms with Gasteiger partial charge in [-0.2, -0.15) is 0 Å². The van der Waals surface area contributed by atoms with Crippen molar-refractivity contribution >= 4 is 30.1 Å². The van der Waals surface area contributed by atoms with Crippen molar-refractivity contribution in [1.82, 2.24) is 10.2 Å². The van der Waals surface area contributed by atoms with Gasteiger partial charge in [0.1, 0.15) is 0 Å². The van der Waals surface area contributed by atoms with Crippen molar-refractivity contribution in [2.45, 2.75) is 17.2 Å². The summed E-state index contributed by atoms with van der Waals surface area (Å²) < 4.78 is 0. The number of hydrogen-bond acceptors (Lipinski definition) is 3. The monoisotopic (exact) mass is 324 g/mol. The van der Waals surface area contributed by atoms with Crippen molar-refractivity contribution in [3.05, 3.63) is 29.8 Å². The number of thioether (sulfide) groups is 1. The van der Waals surface area contributed by atoms with Gasteiger partial charge in [0.05, 0.1) is 5.92 Å². The summed E-state index contributed by atoms with van der Waals surface area (Å²) in [4.78, 5) is 16.3. The van der Waals surface area contributed by atoms with E-state index in [1.165, 1.54) is 16.9 Å². The zero-order valence-electron chi connectivity index (χ0n) is 12.0. The molecule has 0 saturated carbocycles. The molecule has 5 heteroatoms. The maximum Gasteiger partial charge on any atom is 0.231 e. The van der Waals surface area contributed by atoms with E-state index < -0.39 is 0 Å². The number of nitrogens with zero attached hydrogens (tertiary/aromatic N) is 1. The van der Waals surface area contributed by atoms with Gasteiger partial charge in [0.2, 0.25) is 5.91 Å². The molecule has 1 aromatic carbocycles. The Hall–Kier alpha value is -0.710. The van der Waals surface area contributed by atoms with Gasteiger partial charge in [-0.1, -0.05) is 18.2 Å². The number of nitrogens with one attached hydrogen (secondary N) is 1. The molecule has 0 aliphatic carbocycles. The average Bonchev–Trinajstić information content (AvgIpc) is 3.12. The highest BCUT2D eigenvalue weighted by molar-refractivity contribution is 7.99. The van der Waals surface area contributed by atoms with E-state index in [1.807, 2.05) is 11.8 Å². The van der Waals surface area contributed by atoms with Gasteiger partial charge in [-0.15, -0.1) is 24.2 Å². The number of halogens is 1. The first kappa shape index (κ1) is 15.2. The van der Waals surface area contributed by atoms with Crippen LogP contribution in [0.3, 0.4) is 0 Å². The van der Waals surface area contributed by atoms with E-state index in [-0.39, 0.29) is 18.3 Å². The van der Waals surface area contributed by atoms with Crippen molar-refractivity contribution in [2.75, 3.05) is 31.9 Å². The van der Waals surface area contributed by atoms with Gasteiger partial charge in [0.15, 0.2) is 0 Å². The van der Waals surface area contributed by atoms with Gasteiger partial charge < -0.3 is 10.2 Å². The summed E-state index contributed by atoms with van der Waals surface area (Å²) in [5.74, 6) is 2.83. The smallest absolute Gasteiger partial charge is 0.231 e. The minimum absolute atomic E-state index is 0. The summed E-state index contributed by atoms with van der Waals surface area (Å²) in [6.45, 7) is 4.14. The van der Waals surface area contributed by atoms with Crippen LogP contribution in [0.1, 0.15) is 17.9 Å². The third kappa shape index (κ3) is 2.69. The maximum atomic E-state index is 12.8. The summed E-state index contributed by atoms with van der Waals surface area (Å²) in [5.41, 5.74) is 1.24. The van der Waals surface area contributed by atoms with Gasteiger partial charge in [-0.05, 0) is 43.0 Å². The Bertz CT molecular complexity index is 539. The highest BCUT2D eigenvalue weighted by Crippen LogP contribution is 2.41. The second-order valence-corrected chi connectivity index (χ2v) is 7.21. The molecule has 1 amide bonds. The fourth-order valence-electron chi connectivity index (χ4n) is 3.82. The predicted molar refractivity (Wildman–Crippen MR) is 88.2 cm³/mol. The van der Waals surface area contributed by atoms with Crippen LogP contribution in [0.15, 0.2) is 29.2 Å². The molecule has 114 valence electrons. The Labute approximate surface area is 136 Å². The standard InChI is InChI=1S/C16H20N2OS.ClH/c19-16(14-10-20-15-4-2-1-3-13(14)15)18-6-5-11-7-17-8-12(11)9-18;/h1-4,11-12,14,17H,5-10H2;1H. The molecule has 0 aromatic heterocycles. The lowest BCUT2D eigenvalue weighted by Gasteiger charge is -2.36. The number of carbonyl (C=O) groups is 1. The van der Waals surface area contributed by atoms with E-state index in [1.54, 1.807) is 0 Å². The Morgan fingerprint density at radius 2 is 2.05 bits per heavy atom. The molecule has 3 nitrogen and oxygen atoms in total. The van der Waals surface area contributed by atoms with E-state index in [2.05, 4.69) is 34.5 Å². The Morgan fingerprint density at radius 1 is 1.24 bits per heavy atom. The number of likely N-dealkylation sites (tertiary alicyclic amines) is 1. The van der Waals surface area contributed by atoms with Crippen molar-refractivity contribution in [1.29, 1.82) is 0 Å². The Morgan fingerprint density at radius 3 is 2.95 bits per heavy atom. The number of piperidine rings is 1. The Balaban J connectivity index is 0.00000132. The maximum absolute atomic E-state index is 12.8. The molecule has 4 rings (SSSR count). The van der Waals surface area contributed by atoms with Crippen LogP contribution in [0.25, 0.3) is 0 Å². The zero-order chi connectivity index (χ0) is 13.5. The van der Waals surface area contributed by atoms with Gasteiger partial charge in [-0.3, -0.25) is 4.79 Å². The zero-order valence-corrected chi connectivity index (χ0v) is 13.6. The highest BCUT2D eigenvalue weighted by atomic mass is 35.5. The second kappa shape index (κ2) is 6.19. The predicted octanol–water partition coefficient (Wildman–Crippen LogP) is 2.37. The Kier molecular flexibility index (Phi) is 4.48. The number of benzene rings is 1. The molecule has 3 aliphatic rings. The molecule has 3 aliphatic heterocycles. The lowest BCUT2D eigenvalue weighted by atomic mass is 9.87. The molecule has 1 N–H and O–H groups in total. The number of carbonyl (C=O) groups excluding carboxylic acids is 1. The minimum Gasteiger partial charge on any atom is -0.342 e. The first-order valence-corrected chi connectivity index (χ1v) is 8.52. The summed E-state index contributed by atoms with van der Waals surface area (Å²) in [7, 11) is 0. The van der Waals surface area contributed by atoms with Crippen LogP contribution in [0, 0.1) is 11.8 Å². The molecule has 0 spiro atoms. The van der Waals surface area contributed by atoms with Crippen LogP contribution in [0.4, 0.5) is 0 Å².